The molecule has 2 rings (SSSR count). The standard InChI is InChI=1S/C14H8F6O/c15-13(16,17)9-6-4-8(5-7-9)12-10(14(18,19)20)2-1-3-11(12)21/h1-7,21H. The highest BCUT2D eigenvalue weighted by atomic mass is 19.4. The summed E-state index contributed by atoms with van der Waals surface area (Å²) in [6.45, 7) is 0. The second-order valence-corrected chi connectivity index (χ2v) is 4.27. The van der Waals surface area contributed by atoms with Crippen molar-refractivity contribution >= 4 is 0 Å². The number of rotatable bonds is 1. The summed E-state index contributed by atoms with van der Waals surface area (Å²) in [5, 5.41) is 9.62. The minimum atomic E-state index is -4.73. The van der Waals surface area contributed by atoms with E-state index in [1.165, 1.54) is 0 Å². The molecule has 0 spiro atoms. The van der Waals surface area contributed by atoms with Crippen LogP contribution in [0.15, 0.2) is 42.5 Å². The van der Waals surface area contributed by atoms with Crippen molar-refractivity contribution in [3.05, 3.63) is 53.6 Å². The maximum atomic E-state index is 12.9. The van der Waals surface area contributed by atoms with E-state index < -0.39 is 34.8 Å². The Bertz CT molecular complexity index is 640. The van der Waals surface area contributed by atoms with Gasteiger partial charge in [0.05, 0.1) is 11.1 Å². The Hall–Kier alpha value is -2.18. The summed E-state index contributed by atoms with van der Waals surface area (Å²) < 4.78 is 76.0. The summed E-state index contributed by atoms with van der Waals surface area (Å²) >= 11 is 0. The third kappa shape index (κ3) is 3.12. The van der Waals surface area contributed by atoms with Gasteiger partial charge in [0.2, 0.25) is 0 Å². The third-order valence-electron chi connectivity index (χ3n) is 2.85. The predicted molar refractivity (Wildman–Crippen MR) is 63.5 cm³/mol. The zero-order valence-electron chi connectivity index (χ0n) is 10.3. The van der Waals surface area contributed by atoms with Crippen LogP contribution in [0.1, 0.15) is 11.1 Å². The van der Waals surface area contributed by atoms with E-state index >= 15 is 0 Å². The van der Waals surface area contributed by atoms with E-state index in [1.807, 2.05) is 0 Å². The van der Waals surface area contributed by atoms with Crippen molar-refractivity contribution in [2.24, 2.45) is 0 Å². The summed E-state index contributed by atoms with van der Waals surface area (Å²) in [6.07, 6.45) is -9.30. The van der Waals surface area contributed by atoms with Crippen LogP contribution in [-0.4, -0.2) is 5.11 Å². The number of alkyl halides is 6. The van der Waals surface area contributed by atoms with Crippen LogP contribution in [-0.2, 0) is 12.4 Å². The molecule has 112 valence electrons. The van der Waals surface area contributed by atoms with Crippen LogP contribution in [0.2, 0.25) is 0 Å². The van der Waals surface area contributed by atoms with Crippen LogP contribution < -0.4 is 0 Å². The van der Waals surface area contributed by atoms with Crippen molar-refractivity contribution < 1.29 is 31.4 Å². The number of phenols is 1. The molecule has 0 amide bonds. The van der Waals surface area contributed by atoms with E-state index in [0.717, 1.165) is 30.3 Å². The summed E-state index contributed by atoms with van der Waals surface area (Å²) in [5.41, 5.74) is -2.77. The van der Waals surface area contributed by atoms with Crippen LogP contribution in [0.5, 0.6) is 5.75 Å². The Labute approximate surface area is 115 Å². The molecule has 0 fully saturated rings. The Kier molecular flexibility index (Phi) is 3.61. The monoisotopic (exact) mass is 306 g/mol. The normalized spacial score (nSPS) is 12.5. The molecule has 0 aromatic heterocycles. The number of aromatic hydroxyl groups is 1. The van der Waals surface area contributed by atoms with Gasteiger partial charge in [-0.2, -0.15) is 26.3 Å². The number of hydrogen-bond donors (Lipinski definition) is 1. The molecule has 0 unspecified atom stereocenters. The Balaban J connectivity index is 2.57. The molecular formula is C14H8F6O. The van der Waals surface area contributed by atoms with E-state index in [-0.39, 0.29) is 5.56 Å². The van der Waals surface area contributed by atoms with E-state index in [9.17, 15) is 31.4 Å². The molecule has 0 aliphatic carbocycles. The van der Waals surface area contributed by atoms with Crippen molar-refractivity contribution in [3.63, 3.8) is 0 Å². The maximum absolute atomic E-state index is 12.9. The molecule has 2 aromatic rings. The predicted octanol–water partition coefficient (Wildman–Crippen LogP) is 5.10. The zero-order valence-corrected chi connectivity index (χ0v) is 10.3. The third-order valence-corrected chi connectivity index (χ3v) is 2.85. The highest BCUT2D eigenvalue weighted by Gasteiger charge is 2.35. The first-order valence-electron chi connectivity index (χ1n) is 5.67. The van der Waals surface area contributed by atoms with Gasteiger partial charge in [-0.25, -0.2) is 0 Å². The van der Waals surface area contributed by atoms with Gasteiger partial charge >= 0.3 is 12.4 Å². The molecular weight excluding hydrogens is 298 g/mol. The van der Waals surface area contributed by atoms with Crippen LogP contribution in [0.25, 0.3) is 11.1 Å². The lowest BCUT2D eigenvalue weighted by molar-refractivity contribution is -0.138. The second-order valence-electron chi connectivity index (χ2n) is 4.27. The molecule has 7 heteroatoms. The van der Waals surface area contributed by atoms with Gasteiger partial charge in [0.25, 0.3) is 0 Å². The van der Waals surface area contributed by atoms with Crippen molar-refractivity contribution in [3.8, 4) is 16.9 Å². The average Bonchev–Trinajstić information content (AvgIpc) is 2.36. The molecule has 1 nitrogen and oxygen atoms in total. The van der Waals surface area contributed by atoms with Gasteiger partial charge in [-0.15, -0.1) is 0 Å². The molecule has 0 radical (unpaired) electrons. The fourth-order valence-corrected chi connectivity index (χ4v) is 1.91. The highest BCUT2D eigenvalue weighted by molar-refractivity contribution is 5.74. The van der Waals surface area contributed by atoms with Crippen molar-refractivity contribution in [2.45, 2.75) is 12.4 Å². The van der Waals surface area contributed by atoms with Crippen LogP contribution in [0, 0.1) is 0 Å². The van der Waals surface area contributed by atoms with Gasteiger partial charge in [-0.05, 0) is 29.8 Å². The second kappa shape index (κ2) is 4.98. The lowest BCUT2D eigenvalue weighted by Gasteiger charge is -2.15. The molecule has 0 saturated carbocycles. The minimum Gasteiger partial charge on any atom is -0.507 e. The molecule has 0 aliphatic heterocycles. The first-order chi connectivity index (χ1) is 9.60. The molecule has 0 heterocycles. The lowest BCUT2D eigenvalue weighted by Crippen LogP contribution is -2.08. The quantitative estimate of drug-likeness (QED) is 0.727. The minimum absolute atomic E-state index is 0.145. The summed E-state index contributed by atoms with van der Waals surface area (Å²) in [4.78, 5) is 0. The molecule has 21 heavy (non-hydrogen) atoms. The summed E-state index contributed by atoms with van der Waals surface area (Å²) in [7, 11) is 0. The van der Waals surface area contributed by atoms with E-state index in [2.05, 4.69) is 0 Å². The summed E-state index contributed by atoms with van der Waals surface area (Å²) in [6, 6.07) is 5.95. The first kappa shape index (κ1) is 15.2. The maximum Gasteiger partial charge on any atom is 0.417 e. The zero-order chi connectivity index (χ0) is 15.8. The molecule has 0 aliphatic rings. The fraction of sp³-hybridized carbons (Fsp3) is 0.143. The molecule has 0 saturated heterocycles. The van der Waals surface area contributed by atoms with Gasteiger partial charge < -0.3 is 5.11 Å². The fourth-order valence-electron chi connectivity index (χ4n) is 1.91. The number of halogens is 6. The molecule has 2 aromatic carbocycles. The number of hydrogen-bond acceptors (Lipinski definition) is 1. The van der Waals surface area contributed by atoms with Crippen molar-refractivity contribution in [2.75, 3.05) is 0 Å². The number of phenolic OH excluding ortho intramolecular Hbond substituents is 1. The highest BCUT2D eigenvalue weighted by Crippen LogP contribution is 2.42. The Morgan fingerprint density at radius 3 is 1.76 bits per heavy atom. The largest absolute Gasteiger partial charge is 0.507 e. The smallest absolute Gasteiger partial charge is 0.417 e. The molecule has 0 atom stereocenters. The van der Waals surface area contributed by atoms with Crippen LogP contribution in [0.3, 0.4) is 0 Å². The molecule has 0 bridgehead atoms. The van der Waals surface area contributed by atoms with Crippen LogP contribution >= 0.6 is 0 Å². The van der Waals surface area contributed by atoms with Gasteiger partial charge in [-0.3, -0.25) is 0 Å². The topological polar surface area (TPSA) is 20.2 Å². The van der Waals surface area contributed by atoms with Crippen molar-refractivity contribution in [1.29, 1.82) is 0 Å². The Morgan fingerprint density at radius 2 is 1.29 bits per heavy atom. The van der Waals surface area contributed by atoms with Gasteiger partial charge in [-0.1, -0.05) is 18.2 Å². The van der Waals surface area contributed by atoms with E-state index in [4.69, 9.17) is 0 Å². The number of benzene rings is 2. The van der Waals surface area contributed by atoms with Crippen LogP contribution in [0.4, 0.5) is 26.3 Å². The summed E-state index contributed by atoms with van der Waals surface area (Å²) in [5.74, 6) is -0.649. The average molecular weight is 306 g/mol. The van der Waals surface area contributed by atoms with E-state index in [1.54, 1.807) is 0 Å². The SMILES string of the molecule is Oc1cccc(C(F)(F)F)c1-c1ccc(C(F)(F)F)cc1. The lowest BCUT2D eigenvalue weighted by atomic mass is 9.97. The Morgan fingerprint density at radius 1 is 0.714 bits per heavy atom. The molecule has 1 N–H and O–H groups in total. The van der Waals surface area contributed by atoms with E-state index in [0.29, 0.717) is 12.1 Å². The van der Waals surface area contributed by atoms with Gasteiger partial charge in [0.15, 0.2) is 0 Å². The van der Waals surface area contributed by atoms with Crippen molar-refractivity contribution in [1.82, 2.24) is 0 Å². The van der Waals surface area contributed by atoms with Gasteiger partial charge in [0.1, 0.15) is 5.75 Å². The first-order valence-corrected chi connectivity index (χ1v) is 5.67. The van der Waals surface area contributed by atoms with Gasteiger partial charge in [0, 0.05) is 5.56 Å².